The van der Waals surface area contributed by atoms with Gasteiger partial charge in [0.15, 0.2) is 0 Å². The van der Waals surface area contributed by atoms with E-state index in [0.29, 0.717) is 0 Å². The first-order valence-electron chi connectivity index (χ1n) is 7.52. The second-order valence-corrected chi connectivity index (χ2v) is 6.67. The topological polar surface area (TPSA) is 142 Å². The third-order valence-electron chi connectivity index (χ3n) is 3.48. The van der Waals surface area contributed by atoms with E-state index in [1.54, 1.807) is 6.92 Å². The fraction of sp³-hybridized carbons (Fsp3) is 0.188. The van der Waals surface area contributed by atoms with Crippen LogP contribution in [0.15, 0.2) is 18.2 Å². The zero-order valence-corrected chi connectivity index (χ0v) is 15.8. The number of thiophene rings is 1. The molecule has 0 fully saturated rings. The fourth-order valence-corrected chi connectivity index (χ4v) is 3.51. The Morgan fingerprint density at radius 1 is 1.37 bits per heavy atom. The molecule has 0 unspecified atom stereocenters. The fourth-order valence-electron chi connectivity index (χ4n) is 2.30. The average Bonchev–Trinajstić information content (AvgIpc) is 2.91. The number of nitrogens with two attached hydrogens (primary N) is 1. The van der Waals surface area contributed by atoms with Crippen LogP contribution in [-0.4, -0.2) is 29.3 Å². The Bertz CT molecular complexity index is 956. The molecule has 142 valence electrons. The molecule has 0 radical (unpaired) electrons. The Morgan fingerprint density at radius 3 is 2.59 bits per heavy atom. The van der Waals surface area contributed by atoms with Crippen LogP contribution in [0.3, 0.4) is 0 Å². The number of amides is 2. The maximum atomic E-state index is 12.6. The number of hydrogen-bond donors (Lipinski definition) is 2. The lowest BCUT2D eigenvalue weighted by Crippen LogP contribution is -2.16. The molecule has 2 aromatic rings. The van der Waals surface area contributed by atoms with Crippen molar-refractivity contribution < 1.29 is 24.0 Å². The lowest BCUT2D eigenvalue weighted by molar-refractivity contribution is -0.385. The summed E-state index contributed by atoms with van der Waals surface area (Å²) in [7, 11) is 0. The minimum Gasteiger partial charge on any atom is -0.462 e. The molecule has 0 atom stereocenters. The molecule has 2 amide bonds. The van der Waals surface area contributed by atoms with Crippen molar-refractivity contribution >= 4 is 51.4 Å². The van der Waals surface area contributed by atoms with Crippen molar-refractivity contribution in [3.8, 4) is 0 Å². The van der Waals surface area contributed by atoms with Gasteiger partial charge in [-0.15, -0.1) is 11.3 Å². The van der Waals surface area contributed by atoms with Gasteiger partial charge < -0.3 is 15.8 Å². The molecule has 0 saturated heterocycles. The third-order valence-corrected chi connectivity index (χ3v) is 4.94. The van der Waals surface area contributed by atoms with Crippen molar-refractivity contribution in [3.63, 3.8) is 0 Å². The number of hydrogen-bond acceptors (Lipinski definition) is 7. The number of carbonyl (C=O) groups is 3. The molecule has 1 aromatic heterocycles. The molecule has 2 rings (SSSR count). The van der Waals surface area contributed by atoms with E-state index in [9.17, 15) is 24.5 Å². The van der Waals surface area contributed by atoms with E-state index in [1.165, 1.54) is 19.1 Å². The van der Waals surface area contributed by atoms with Crippen molar-refractivity contribution in [3.05, 3.63) is 54.9 Å². The first-order valence-corrected chi connectivity index (χ1v) is 8.72. The van der Waals surface area contributed by atoms with Crippen molar-refractivity contribution in [1.29, 1.82) is 0 Å². The van der Waals surface area contributed by atoms with Crippen LogP contribution in [0.2, 0.25) is 5.02 Å². The number of nitrogens with zero attached hydrogens (tertiary/aromatic N) is 1. The van der Waals surface area contributed by atoms with Crippen LogP contribution in [0.25, 0.3) is 0 Å². The zero-order chi connectivity index (χ0) is 20.3. The summed E-state index contributed by atoms with van der Waals surface area (Å²) in [5.41, 5.74) is 4.77. The van der Waals surface area contributed by atoms with Gasteiger partial charge in [-0.1, -0.05) is 11.6 Å². The number of benzene rings is 1. The maximum Gasteiger partial charge on any atom is 0.341 e. The molecule has 0 aliphatic carbocycles. The number of rotatable bonds is 6. The summed E-state index contributed by atoms with van der Waals surface area (Å²) in [6.45, 7) is 3.17. The predicted molar refractivity (Wildman–Crippen MR) is 99.6 cm³/mol. The van der Waals surface area contributed by atoms with Gasteiger partial charge in [0.1, 0.15) is 10.6 Å². The van der Waals surface area contributed by atoms with Gasteiger partial charge in [-0.05, 0) is 31.5 Å². The number of nitrogens with one attached hydrogen (secondary N) is 1. The Balaban J connectivity index is 2.49. The molecule has 0 aliphatic rings. The summed E-state index contributed by atoms with van der Waals surface area (Å²) in [5.74, 6) is -2.37. The third kappa shape index (κ3) is 4.23. The highest BCUT2D eigenvalue weighted by molar-refractivity contribution is 7.18. The second kappa shape index (κ2) is 8.14. The zero-order valence-electron chi connectivity index (χ0n) is 14.2. The molecule has 0 bridgehead atoms. The SMILES string of the molecule is CCOC(=O)c1c(NC(=O)c2ccc(Cl)cc2[N+](=O)[O-])sc(C(N)=O)c1C. The first kappa shape index (κ1) is 20.3. The minimum atomic E-state index is -0.846. The smallest absolute Gasteiger partial charge is 0.341 e. The summed E-state index contributed by atoms with van der Waals surface area (Å²) in [6, 6.07) is 3.55. The number of halogens is 1. The van der Waals surface area contributed by atoms with Gasteiger partial charge in [0.05, 0.1) is 22.0 Å². The monoisotopic (exact) mass is 411 g/mol. The lowest BCUT2D eigenvalue weighted by Gasteiger charge is -2.07. The summed E-state index contributed by atoms with van der Waals surface area (Å²) in [4.78, 5) is 46.8. The molecular formula is C16H14ClN3O6S. The molecule has 3 N–H and O–H groups in total. The van der Waals surface area contributed by atoms with Crippen LogP contribution in [0.4, 0.5) is 10.7 Å². The molecule has 11 heteroatoms. The van der Waals surface area contributed by atoms with Gasteiger partial charge >= 0.3 is 5.97 Å². The Morgan fingerprint density at radius 2 is 2.04 bits per heavy atom. The second-order valence-electron chi connectivity index (χ2n) is 5.22. The minimum absolute atomic E-state index is 0.00833. The van der Waals surface area contributed by atoms with Gasteiger partial charge in [-0.25, -0.2) is 4.79 Å². The predicted octanol–water partition coefficient (Wildman–Crippen LogP) is 3.15. The Labute approximate surface area is 162 Å². The standard InChI is InChI=1S/C16H14ClN3O6S/c1-3-26-16(23)11-7(2)12(13(18)21)27-15(11)19-14(22)9-5-4-8(17)6-10(9)20(24)25/h4-6H,3H2,1-2H3,(H2,18,21)(H,19,22). The van der Waals surface area contributed by atoms with Crippen molar-refractivity contribution in [1.82, 2.24) is 0 Å². The number of primary amides is 1. The van der Waals surface area contributed by atoms with Crippen LogP contribution in [0.5, 0.6) is 0 Å². The number of carbonyl (C=O) groups excluding carboxylic acids is 3. The van der Waals surface area contributed by atoms with Gasteiger partial charge in [0.2, 0.25) is 0 Å². The number of nitro benzene ring substituents is 1. The highest BCUT2D eigenvalue weighted by Crippen LogP contribution is 2.34. The van der Waals surface area contributed by atoms with E-state index in [4.69, 9.17) is 22.1 Å². The molecule has 0 aliphatic heterocycles. The van der Waals surface area contributed by atoms with Gasteiger partial charge in [0, 0.05) is 11.1 Å². The van der Waals surface area contributed by atoms with Gasteiger partial charge in [0.25, 0.3) is 17.5 Å². The number of ether oxygens (including phenoxy) is 1. The first-order chi connectivity index (χ1) is 12.7. The molecule has 9 nitrogen and oxygen atoms in total. The van der Waals surface area contributed by atoms with Crippen LogP contribution >= 0.6 is 22.9 Å². The summed E-state index contributed by atoms with van der Waals surface area (Å²) in [6.07, 6.45) is 0. The Hall–Kier alpha value is -2.98. The van der Waals surface area contributed by atoms with E-state index in [2.05, 4.69) is 5.32 Å². The molecule has 1 heterocycles. The normalized spacial score (nSPS) is 10.3. The van der Waals surface area contributed by atoms with Crippen LogP contribution in [0, 0.1) is 17.0 Å². The number of nitro groups is 1. The lowest BCUT2D eigenvalue weighted by atomic mass is 10.1. The van der Waals surface area contributed by atoms with E-state index < -0.39 is 28.4 Å². The van der Waals surface area contributed by atoms with Crippen molar-refractivity contribution in [2.24, 2.45) is 5.73 Å². The van der Waals surface area contributed by atoms with Gasteiger partial charge in [-0.2, -0.15) is 0 Å². The van der Waals surface area contributed by atoms with E-state index in [-0.39, 0.29) is 38.2 Å². The molecular weight excluding hydrogens is 398 g/mol. The van der Waals surface area contributed by atoms with Gasteiger partial charge in [-0.3, -0.25) is 19.7 Å². The largest absolute Gasteiger partial charge is 0.462 e. The summed E-state index contributed by atoms with van der Waals surface area (Å²) >= 11 is 6.53. The number of esters is 1. The molecule has 0 spiro atoms. The van der Waals surface area contributed by atoms with Crippen LogP contribution in [-0.2, 0) is 4.74 Å². The molecule has 1 aromatic carbocycles. The highest BCUT2D eigenvalue weighted by atomic mass is 35.5. The average molecular weight is 412 g/mol. The van der Waals surface area contributed by atoms with Crippen molar-refractivity contribution in [2.45, 2.75) is 13.8 Å². The van der Waals surface area contributed by atoms with E-state index >= 15 is 0 Å². The Kier molecular flexibility index (Phi) is 6.13. The van der Waals surface area contributed by atoms with E-state index in [0.717, 1.165) is 17.4 Å². The highest BCUT2D eigenvalue weighted by Gasteiger charge is 2.28. The van der Waals surface area contributed by atoms with Crippen molar-refractivity contribution in [2.75, 3.05) is 11.9 Å². The summed E-state index contributed by atoms with van der Waals surface area (Å²) in [5, 5.41) is 13.7. The summed E-state index contributed by atoms with van der Waals surface area (Å²) < 4.78 is 4.95. The quantitative estimate of drug-likeness (QED) is 0.424. The number of anilines is 1. The molecule has 0 saturated carbocycles. The van der Waals surface area contributed by atoms with Crippen LogP contribution < -0.4 is 11.1 Å². The molecule has 27 heavy (non-hydrogen) atoms. The van der Waals surface area contributed by atoms with E-state index in [1.807, 2.05) is 0 Å². The maximum absolute atomic E-state index is 12.6. The van der Waals surface area contributed by atoms with Crippen LogP contribution in [0.1, 0.15) is 42.9 Å².